The monoisotopic (exact) mass is 251 g/mol. The van der Waals surface area contributed by atoms with E-state index in [0.717, 1.165) is 0 Å². The van der Waals surface area contributed by atoms with Gasteiger partial charge in [-0.3, -0.25) is 4.79 Å². The van der Waals surface area contributed by atoms with Crippen LogP contribution in [0.15, 0.2) is 24.3 Å². The summed E-state index contributed by atoms with van der Waals surface area (Å²) in [6.07, 6.45) is 0.363. The maximum Gasteiger partial charge on any atom is 0.326 e. The van der Waals surface area contributed by atoms with Crippen LogP contribution in [-0.4, -0.2) is 42.1 Å². The van der Waals surface area contributed by atoms with Crippen LogP contribution in [0.5, 0.6) is 5.75 Å². The minimum atomic E-state index is -1.00. The first-order valence-corrected chi connectivity index (χ1v) is 5.65. The molecule has 18 heavy (non-hydrogen) atoms. The van der Waals surface area contributed by atoms with Gasteiger partial charge in [0.05, 0.1) is 7.11 Å². The third-order valence-electron chi connectivity index (χ3n) is 2.78. The van der Waals surface area contributed by atoms with Crippen molar-refractivity contribution in [2.75, 3.05) is 14.2 Å². The first-order valence-electron chi connectivity index (χ1n) is 5.65. The molecule has 1 aromatic carbocycles. The molecule has 1 atom stereocenters. The Kier molecular flexibility index (Phi) is 4.71. The number of benzene rings is 1. The number of methoxy groups -OCH3 is 1. The second kappa shape index (κ2) is 6.05. The topological polar surface area (TPSA) is 66.8 Å². The molecular weight excluding hydrogens is 234 g/mol. The van der Waals surface area contributed by atoms with E-state index in [9.17, 15) is 9.59 Å². The Morgan fingerprint density at radius 2 is 2.11 bits per heavy atom. The predicted octanol–water partition coefficient (Wildman–Crippen LogP) is 1.63. The van der Waals surface area contributed by atoms with Gasteiger partial charge in [-0.1, -0.05) is 13.0 Å². The van der Waals surface area contributed by atoms with Gasteiger partial charge in [0.1, 0.15) is 11.8 Å². The molecular formula is C13H17NO4. The minimum Gasteiger partial charge on any atom is -0.497 e. The van der Waals surface area contributed by atoms with Crippen LogP contribution in [-0.2, 0) is 4.79 Å². The van der Waals surface area contributed by atoms with Crippen molar-refractivity contribution in [2.45, 2.75) is 19.4 Å². The summed E-state index contributed by atoms with van der Waals surface area (Å²) in [5.74, 6) is -0.767. The van der Waals surface area contributed by atoms with E-state index in [1.807, 2.05) is 0 Å². The molecule has 0 saturated carbocycles. The van der Waals surface area contributed by atoms with Crippen molar-refractivity contribution >= 4 is 11.9 Å². The van der Waals surface area contributed by atoms with Crippen LogP contribution in [0.3, 0.4) is 0 Å². The van der Waals surface area contributed by atoms with Crippen molar-refractivity contribution in [3.8, 4) is 5.75 Å². The molecule has 0 aromatic heterocycles. The summed E-state index contributed by atoms with van der Waals surface area (Å²) in [5.41, 5.74) is 0.413. The number of carbonyl (C=O) groups excluding carboxylic acids is 1. The molecule has 5 nitrogen and oxygen atoms in total. The molecule has 0 saturated heterocycles. The average molecular weight is 251 g/mol. The Morgan fingerprint density at radius 1 is 1.44 bits per heavy atom. The van der Waals surface area contributed by atoms with Crippen LogP contribution in [0.25, 0.3) is 0 Å². The Labute approximate surface area is 106 Å². The van der Waals surface area contributed by atoms with E-state index >= 15 is 0 Å². The number of hydrogen-bond donors (Lipinski definition) is 1. The second-order valence-electron chi connectivity index (χ2n) is 3.91. The molecule has 0 fully saturated rings. The zero-order valence-corrected chi connectivity index (χ0v) is 10.7. The number of hydrogen-bond acceptors (Lipinski definition) is 3. The Morgan fingerprint density at radius 3 is 2.61 bits per heavy atom. The third-order valence-corrected chi connectivity index (χ3v) is 2.78. The number of amides is 1. The molecule has 1 aromatic rings. The predicted molar refractivity (Wildman–Crippen MR) is 66.8 cm³/mol. The van der Waals surface area contributed by atoms with Gasteiger partial charge < -0.3 is 14.7 Å². The van der Waals surface area contributed by atoms with Crippen molar-refractivity contribution in [2.24, 2.45) is 0 Å². The van der Waals surface area contributed by atoms with Crippen molar-refractivity contribution in [1.29, 1.82) is 0 Å². The number of carboxylic acids is 1. The maximum absolute atomic E-state index is 12.1. The number of carboxylic acid groups (broad SMARTS) is 1. The molecule has 0 spiro atoms. The zero-order valence-electron chi connectivity index (χ0n) is 10.7. The van der Waals surface area contributed by atoms with Gasteiger partial charge >= 0.3 is 5.97 Å². The number of aliphatic carboxylic acids is 1. The lowest BCUT2D eigenvalue weighted by atomic mass is 10.1. The summed E-state index contributed by atoms with van der Waals surface area (Å²) in [7, 11) is 3.00. The van der Waals surface area contributed by atoms with E-state index in [2.05, 4.69) is 0 Å². The lowest BCUT2D eigenvalue weighted by Crippen LogP contribution is -2.41. The first kappa shape index (κ1) is 14.0. The van der Waals surface area contributed by atoms with Gasteiger partial charge in [0, 0.05) is 12.6 Å². The van der Waals surface area contributed by atoms with Gasteiger partial charge in [-0.25, -0.2) is 4.79 Å². The number of rotatable bonds is 5. The fourth-order valence-corrected chi connectivity index (χ4v) is 1.72. The number of ether oxygens (including phenoxy) is 1. The molecule has 1 unspecified atom stereocenters. The summed E-state index contributed by atoms with van der Waals surface area (Å²) in [6, 6.07) is 5.83. The highest BCUT2D eigenvalue weighted by molar-refractivity contribution is 5.96. The molecule has 98 valence electrons. The SMILES string of the molecule is CCC(C(=O)O)N(C)C(=O)c1cccc(OC)c1. The van der Waals surface area contributed by atoms with Crippen LogP contribution >= 0.6 is 0 Å². The van der Waals surface area contributed by atoms with E-state index in [1.54, 1.807) is 31.2 Å². The third kappa shape index (κ3) is 3.00. The Bertz CT molecular complexity index is 444. The number of nitrogens with zero attached hydrogens (tertiary/aromatic N) is 1. The highest BCUT2D eigenvalue weighted by Crippen LogP contribution is 2.15. The highest BCUT2D eigenvalue weighted by Gasteiger charge is 2.25. The molecule has 0 aliphatic heterocycles. The molecule has 1 rings (SSSR count). The van der Waals surface area contributed by atoms with Gasteiger partial charge in [-0.05, 0) is 24.6 Å². The average Bonchev–Trinajstić information content (AvgIpc) is 2.38. The molecule has 0 heterocycles. The van der Waals surface area contributed by atoms with Gasteiger partial charge in [-0.15, -0.1) is 0 Å². The smallest absolute Gasteiger partial charge is 0.326 e. The van der Waals surface area contributed by atoms with E-state index < -0.39 is 12.0 Å². The fraction of sp³-hybridized carbons (Fsp3) is 0.385. The van der Waals surface area contributed by atoms with Crippen molar-refractivity contribution < 1.29 is 19.4 Å². The molecule has 0 aliphatic carbocycles. The standard InChI is InChI=1S/C13H17NO4/c1-4-11(13(16)17)14(2)12(15)9-6-5-7-10(8-9)18-3/h5-8,11H,4H2,1-3H3,(H,16,17). The summed E-state index contributed by atoms with van der Waals surface area (Å²) >= 11 is 0. The van der Waals surface area contributed by atoms with E-state index in [-0.39, 0.29) is 5.91 Å². The van der Waals surface area contributed by atoms with E-state index in [1.165, 1.54) is 19.1 Å². The lowest BCUT2D eigenvalue weighted by Gasteiger charge is -2.23. The lowest BCUT2D eigenvalue weighted by molar-refractivity contribution is -0.142. The van der Waals surface area contributed by atoms with Gasteiger partial charge in [-0.2, -0.15) is 0 Å². The summed E-state index contributed by atoms with van der Waals surface area (Å²) < 4.78 is 5.03. The summed E-state index contributed by atoms with van der Waals surface area (Å²) in [5, 5.41) is 9.02. The normalized spacial score (nSPS) is 11.7. The van der Waals surface area contributed by atoms with Crippen molar-refractivity contribution in [3.63, 3.8) is 0 Å². The first-order chi connectivity index (χ1) is 8.51. The van der Waals surface area contributed by atoms with Crippen molar-refractivity contribution in [3.05, 3.63) is 29.8 Å². The van der Waals surface area contributed by atoms with Crippen LogP contribution in [0.2, 0.25) is 0 Å². The zero-order chi connectivity index (χ0) is 13.7. The quantitative estimate of drug-likeness (QED) is 0.863. The summed E-state index contributed by atoms with van der Waals surface area (Å²) in [4.78, 5) is 24.4. The Balaban J connectivity index is 2.95. The minimum absolute atomic E-state index is 0.330. The Hall–Kier alpha value is -2.04. The van der Waals surface area contributed by atoms with Gasteiger partial charge in [0.25, 0.3) is 5.91 Å². The van der Waals surface area contributed by atoms with E-state index in [4.69, 9.17) is 9.84 Å². The van der Waals surface area contributed by atoms with Crippen LogP contribution in [0, 0.1) is 0 Å². The van der Waals surface area contributed by atoms with Gasteiger partial charge in [0.15, 0.2) is 0 Å². The van der Waals surface area contributed by atoms with Gasteiger partial charge in [0.2, 0.25) is 0 Å². The molecule has 0 aliphatic rings. The molecule has 5 heteroatoms. The number of carbonyl (C=O) groups is 2. The van der Waals surface area contributed by atoms with Crippen LogP contribution < -0.4 is 4.74 Å². The summed E-state index contributed by atoms with van der Waals surface area (Å²) in [6.45, 7) is 1.73. The van der Waals surface area contributed by atoms with Crippen molar-refractivity contribution in [1.82, 2.24) is 4.90 Å². The second-order valence-corrected chi connectivity index (χ2v) is 3.91. The largest absolute Gasteiger partial charge is 0.497 e. The highest BCUT2D eigenvalue weighted by atomic mass is 16.5. The molecule has 0 radical (unpaired) electrons. The van der Waals surface area contributed by atoms with Crippen LogP contribution in [0.1, 0.15) is 23.7 Å². The molecule has 1 N–H and O–H groups in total. The fourth-order valence-electron chi connectivity index (χ4n) is 1.72. The molecule has 0 bridgehead atoms. The molecule has 1 amide bonds. The van der Waals surface area contributed by atoms with Crippen LogP contribution in [0.4, 0.5) is 0 Å². The van der Waals surface area contributed by atoms with E-state index in [0.29, 0.717) is 17.7 Å². The number of likely N-dealkylation sites (N-methyl/N-ethyl adjacent to an activating group) is 1. The maximum atomic E-state index is 12.1.